The fraction of sp³-hybridized carbons (Fsp3) is 0.615. The molecule has 1 aliphatic carbocycles. The van der Waals surface area contributed by atoms with Crippen molar-refractivity contribution in [3.05, 3.63) is 11.9 Å². The lowest BCUT2D eigenvalue weighted by Crippen LogP contribution is -2.14. The first-order valence-corrected chi connectivity index (χ1v) is 6.54. The number of nitrogens with one attached hydrogen (secondary N) is 2. The molecule has 3 N–H and O–H groups in total. The Bertz CT molecular complexity index is 476. The number of aliphatic carboxylic acids is 1. The number of carboxylic acid groups (broad SMARTS) is 1. The Morgan fingerprint density at radius 3 is 2.74 bits per heavy atom. The van der Waals surface area contributed by atoms with E-state index in [1.165, 1.54) is 0 Å². The van der Waals surface area contributed by atoms with E-state index in [0.29, 0.717) is 24.0 Å². The molecule has 0 saturated heterocycles. The van der Waals surface area contributed by atoms with E-state index in [0.717, 1.165) is 12.4 Å². The van der Waals surface area contributed by atoms with Gasteiger partial charge in [-0.2, -0.15) is 0 Å². The molecule has 1 heterocycles. The van der Waals surface area contributed by atoms with E-state index in [9.17, 15) is 4.79 Å². The third-order valence-corrected chi connectivity index (χ3v) is 2.97. The molecular formula is C13H20N4O2. The molecule has 1 aromatic rings. The van der Waals surface area contributed by atoms with E-state index in [4.69, 9.17) is 5.11 Å². The van der Waals surface area contributed by atoms with Crippen molar-refractivity contribution in [2.45, 2.75) is 33.2 Å². The second-order valence-corrected chi connectivity index (χ2v) is 5.39. The minimum Gasteiger partial charge on any atom is -0.481 e. The number of carboxylic acids is 1. The largest absolute Gasteiger partial charge is 0.481 e. The summed E-state index contributed by atoms with van der Waals surface area (Å²) < 4.78 is 0. The average molecular weight is 264 g/mol. The van der Waals surface area contributed by atoms with E-state index in [1.807, 2.05) is 13.0 Å². The third kappa shape index (κ3) is 3.81. The fourth-order valence-electron chi connectivity index (χ4n) is 1.86. The van der Waals surface area contributed by atoms with Crippen LogP contribution in [-0.2, 0) is 4.79 Å². The lowest BCUT2D eigenvalue weighted by molar-refractivity contribution is -0.138. The molecular weight excluding hydrogens is 244 g/mol. The SMILES string of the molecule is Cc1nc(NCC(C)C)cc(NC2CC2C(=O)O)n1. The van der Waals surface area contributed by atoms with Gasteiger partial charge in [-0.1, -0.05) is 13.8 Å². The number of aryl methyl sites for hydroxylation is 1. The summed E-state index contributed by atoms with van der Waals surface area (Å²) in [6.45, 7) is 6.92. The Kier molecular flexibility index (Phi) is 3.87. The minimum absolute atomic E-state index is 0.00949. The molecule has 0 aliphatic heterocycles. The lowest BCUT2D eigenvalue weighted by Gasteiger charge is -2.11. The van der Waals surface area contributed by atoms with Crippen LogP contribution in [0.3, 0.4) is 0 Å². The van der Waals surface area contributed by atoms with Crippen molar-refractivity contribution in [1.29, 1.82) is 0 Å². The molecule has 2 atom stereocenters. The first kappa shape index (κ1) is 13.6. The highest BCUT2D eigenvalue weighted by molar-refractivity contribution is 5.75. The first-order valence-electron chi connectivity index (χ1n) is 6.54. The zero-order valence-electron chi connectivity index (χ0n) is 11.5. The van der Waals surface area contributed by atoms with Gasteiger partial charge in [-0.15, -0.1) is 0 Å². The molecule has 19 heavy (non-hydrogen) atoms. The molecule has 6 heteroatoms. The van der Waals surface area contributed by atoms with Gasteiger partial charge < -0.3 is 15.7 Å². The zero-order chi connectivity index (χ0) is 14.0. The molecule has 0 amide bonds. The molecule has 1 aromatic heterocycles. The van der Waals surface area contributed by atoms with Crippen molar-refractivity contribution in [3.63, 3.8) is 0 Å². The van der Waals surface area contributed by atoms with Gasteiger partial charge in [0.25, 0.3) is 0 Å². The molecule has 0 spiro atoms. The van der Waals surface area contributed by atoms with Crippen molar-refractivity contribution in [1.82, 2.24) is 9.97 Å². The number of hydrogen-bond acceptors (Lipinski definition) is 5. The van der Waals surface area contributed by atoms with E-state index in [1.54, 1.807) is 0 Å². The van der Waals surface area contributed by atoms with Crippen LogP contribution in [0.4, 0.5) is 11.6 Å². The van der Waals surface area contributed by atoms with Crippen molar-refractivity contribution in [2.24, 2.45) is 11.8 Å². The molecule has 2 unspecified atom stereocenters. The molecule has 6 nitrogen and oxygen atoms in total. The predicted octanol–water partition coefficient (Wildman–Crippen LogP) is 1.74. The number of carbonyl (C=O) groups is 1. The van der Waals surface area contributed by atoms with E-state index < -0.39 is 5.97 Å². The predicted molar refractivity (Wildman–Crippen MR) is 73.3 cm³/mol. The Hall–Kier alpha value is -1.85. The van der Waals surface area contributed by atoms with Gasteiger partial charge in [-0.05, 0) is 19.3 Å². The Morgan fingerprint density at radius 2 is 2.16 bits per heavy atom. The minimum atomic E-state index is -0.749. The van der Waals surface area contributed by atoms with Crippen molar-refractivity contribution < 1.29 is 9.90 Å². The normalized spacial score (nSPS) is 21.3. The first-order chi connectivity index (χ1) is 8.95. The van der Waals surface area contributed by atoms with Gasteiger partial charge in [0.1, 0.15) is 17.5 Å². The summed E-state index contributed by atoms with van der Waals surface area (Å²) in [6.07, 6.45) is 0.660. The summed E-state index contributed by atoms with van der Waals surface area (Å²) in [4.78, 5) is 19.4. The van der Waals surface area contributed by atoms with Gasteiger partial charge in [0.2, 0.25) is 0 Å². The number of hydrogen-bond donors (Lipinski definition) is 3. The lowest BCUT2D eigenvalue weighted by atomic mass is 10.2. The maximum atomic E-state index is 10.8. The van der Waals surface area contributed by atoms with Gasteiger partial charge in [-0.25, -0.2) is 9.97 Å². The van der Waals surface area contributed by atoms with Crippen molar-refractivity contribution in [2.75, 3.05) is 17.2 Å². The quantitative estimate of drug-likeness (QED) is 0.725. The monoisotopic (exact) mass is 264 g/mol. The second kappa shape index (κ2) is 5.42. The fourth-order valence-corrected chi connectivity index (χ4v) is 1.86. The van der Waals surface area contributed by atoms with Gasteiger partial charge >= 0.3 is 5.97 Å². The zero-order valence-corrected chi connectivity index (χ0v) is 11.5. The van der Waals surface area contributed by atoms with Crippen LogP contribution in [0.15, 0.2) is 6.07 Å². The van der Waals surface area contributed by atoms with Gasteiger partial charge in [0, 0.05) is 18.7 Å². The summed E-state index contributed by atoms with van der Waals surface area (Å²) in [7, 11) is 0. The van der Waals surface area contributed by atoms with Crippen LogP contribution < -0.4 is 10.6 Å². The number of nitrogens with zero attached hydrogens (tertiary/aromatic N) is 2. The molecule has 1 fully saturated rings. The summed E-state index contributed by atoms with van der Waals surface area (Å²) in [5.74, 6) is 1.63. The van der Waals surface area contributed by atoms with Gasteiger partial charge in [0.15, 0.2) is 0 Å². The molecule has 1 aliphatic rings. The van der Waals surface area contributed by atoms with Crippen molar-refractivity contribution in [3.8, 4) is 0 Å². The second-order valence-electron chi connectivity index (χ2n) is 5.39. The van der Waals surface area contributed by atoms with E-state index >= 15 is 0 Å². The number of aromatic nitrogens is 2. The molecule has 104 valence electrons. The highest BCUT2D eigenvalue weighted by Gasteiger charge is 2.43. The van der Waals surface area contributed by atoms with Crippen LogP contribution in [0.2, 0.25) is 0 Å². The third-order valence-electron chi connectivity index (χ3n) is 2.97. The number of anilines is 2. The molecule has 2 rings (SSSR count). The van der Waals surface area contributed by atoms with Gasteiger partial charge in [0.05, 0.1) is 5.92 Å². The topological polar surface area (TPSA) is 87.1 Å². The molecule has 0 bridgehead atoms. The Morgan fingerprint density at radius 1 is 1.47 bits per heavy atom. The summed E-state index contributed by atoms with van der Waals surface area (Å²) in [5.41, 5.74) is 0. The summed E-state index contributed by atoms with van der Waals surface area (Å²) in [5, 5.41) is 15.3. The van der Waals surface area contributed by atoms with Crippen LogP contribution in [-0.4, -0.2) is 33.6 Å². The smallest absolute Gasteiger partial charge is 0.308 e. The highest BCUT2D eigenvalue weighted by Crippen LogP contribution is 2.33. The maximum Gasteiger partial charge on any atom is 0.308 e. The maximum absolute atomic E-state index is 10.8. The molecule has 0 aromatic carbocycles. The highest BCUT2D eigenvalue weighted by atomic mass is 16.4. The van der Waals surface area contributed by atoms with Crippen LogP contribution in [0, 0.1) is 18.8 Å². The number of rotatable bonds is 6. The van der Waals surface area contributed by atoms with Crippen LogP contribution in [0.1, 0.15) is 26.1 Å². The van der Waals surface area contributed by atoms with Crippen LogP contribution in [0.5, 0.6) is 0 Å². The Labute approximate surface area is 112 Å². The molecule has 0 radical (unpaired) electrons. The van der Waals surface area contributed by atoms with Crippen LogP contribution >= 0.6 is 0 Å². The van der Waals surface area contributed by atoms with E-state index in [-0.39, 0.29) is 12.0 Å². The van der Waals surface area contributed by atoms with E-state index in [2.05, 4.69) is 34.4 Å². The summed E-state index contributed by atoms with van der Waals surface area (Å²) in [6, 6.07) is 1.82. The Balaban J connectivity index is 1.99. The van der Waals surface area contributed by atoms with Gasteiger partial charge in [-0.3, -0.25) is 4.79 Å². The standard InChI is InChI=1S/C13H20N4O2/c1-7(2)6-14-11-5-12(16-8(3)15-11)17-10-4-9(10)13(18)19/h5,7,9-10H,4,6H2,1-3H3,(H,18,19)(H2,14,15,16,17). The van der Waals surface area contributed by atoms with Crippen LogP contribution in [0.25, 0.3) is 0 Å². The average Bonchev–Trinajstić information content (AvgIpc) is 3.05. The molecule has 1 saturated carbocycles. The van der Waals surface area contributed by atoms with Crippen molar-refractivity contribution >= 4 is 17.6 Å². The summed E-state index contributed by atoms with van der Waals surface area (Å²) >= 11 is 0.